The number of nitrogens with one attached hydrogen (secondary N) is 2. The van der Waals surface area contributed by atoms with Crippen LogP contribution in [0.5, 0.6) is 0 Å². The fourth-order valence-electron chi connectivity index (χ4n) is 1.48. The minimum absolute atomic E-state index is 0.136. The van der Waals surface area contributed by atoms with Gasteiger partial charge in [-0.25, -0.2) is 8.42 Å². The highest BCUT2D eigenvalue weighted by Crippen LogP contribution is 2.03. The Hall–Kier alpha value is -1.44. The molecule has 0 heterocycles. The maximum atomic E-state index is 11.6. The summed E-state index contributed by atoms with van der Waals surface area (Å²) >= 11 is 0. The van der Waals surface area contributed by atoms with Crippen LogP contribution in [0.2, 0.25) is 0 Å². The van der Waals surface area contributed by atoms with Crippen LogP contribution in [0, 0.1) is 5.92 Å². The number of ketones is 1. The second-order valence-corrected chi connectivity index (χ2v) is 6.67. The van der Waals surface area contributed by atoms with Gasteiger partial charge in [-0.05, 0) is 12.8 Å². The third kappa shape index (κ3) is 6.90. The summed E-state index contributed by atoms with van der Waals surface area (Å²) in [5.74, 6) is -3.40. The molecule has 8 heteroatoms. The van der Waals surface area contributed by atoms with E-state index in [9.17, 15) is 22.8 Å². The van der Waals surface area contributed by atoms with Crippen molar-refractivity contribution in [1.29, 1.82) is 0 Å². The first-order valence-corrected chi connectivity index (χ1v) is 7.62. The standard InChI is InChI=1S/C11H20N2O5S/c1-7(2)11(8(3)14)13-10(16)6-19(17,18)5-9(15)12-4/h7,11H,5-6H2,1-4H3,(H,12,15)(H,13,16). The molecule has 0 aliphatic carbocycles. The Morgan fingerprint density at radius 3 is 1.89 bits per heavy atom. The number of carbonyl (C=O) groups is 3. The van der Waals surface area contributed by atoms with Crippen molar-refractivity contribution in [2.45, 2.75) is 26.8 Å². The van der Waals surface area contributed by atoms with Gasteiger partial charge in [0.05, 0.1) is 6.04 Å². The molecule has 0 aromatic carbocycles. The largest absolute Gasteiger partial charge is 0.358 e. The van der Waals surface area contributed by atoms with Gasteiger partial charge in [0.1, 0.15) is 11.5 Å². The van der Waals surface area contributed by atoms with E-state index in [4.69, 9.17) is 0 Å². The minimum atomic E-state index is -3.82. The first-order chi connectivity index (χ1) is 8.59. The fourth-order valence-corrected chi connectivity index (χ4v) is 2.60. The Balaban J connectivity index is 4.61. The summed E-state index contributed by atoms with van der Waals surface area (Å²) < 4.78 is 23.0. The Kier molecular flexibility index (Phi) is 6.68. The molecule has 0 radical (unpaired) electrons. The van der Waals surface area contributed by atoms with Crippen molar-refractivity contribution in [3.63, 3.8) is 0 Å². The number of amides is 2. The molecule has 0 rings (SSSR count). The van der Waals surface area contributed by atoms with Gasteiger partial charge >= 0.3 is 0 Å². The van der Waals surface area contributed by atoms with E-state index in [0.29, 0.717) is 0 Å². The highest BCUT2D eigenvalue weighted by Gasteiger charge is 2.25. The van der Waals surface area contributed by atoms with E-state index in [0.717, 1.165) is 0 Å². The maximum absolute atomic E-state index is 11.6. The molecule has 0 spiro atoms. The minimum Gasteiger partial charge on any atom is -0.358 e. The number of hydrogen-bond acceptors (Lipinski definition) is 5. The summed E-state index contributed by atoms with van der Waals surface area (Å²) in [6.07, 6.45) is 0. The molecule has 0 fully saturated rings. The van der Waals surface area contributed by atoms with E-state index in [1.54, 1.807) is 13.8 Å². The molecule has 1 atom stereocenters. The molecule has 0 aromatic heterocycles. The molecule has 1 unspecified atom stereocenters. The molecule has 0 aliphatic rings. The highest BCUT2D eigenvalue weighted by molar-refractivity contribution is 7.92. The van der Waals surface area contributed by atoms with Gasteiger partial charge in [0.15, 0.2) is 15.6 Å². The molecule has 110 valence electrons. The Morgan fingerprint density at radius 2 is 1.53 bits per heavy atom. The summed E-state index contributed by atoms with van der Waals surface area (Å²) in [6, 6.07) is -0.720. The lowest BCUT2D eigenvalue weighted by atomic mass is 10.0. The highest BCUT2D eigenvalue weighted by atomic mass is 32.2. The Labute approximate surface area is 113 Å². The molecular formula is C11H20N2O5S. The lowest BCUT2D eigenvalue weighted by Crippen LogP contribution is -2.46. The lowest BCUT2D eigenvalue weighted by molar-refractivity contribution is -0.126. The van der Waals surface area contributed by atoms with E-state index in [2.05, 4.69) is 10.6 Å². The second-order valence-electron chi connectivity index (χ2n) is 4.61. The van der Waals surface area contributed by atoms with Crippen LogP contribution in [0.25, 0.3) is 0 Å². The molecule has 0 aliphatic heterocycles. The van der Waals surface area contributed by atoms with Crippen molar-refractivity contribution in [2.24, 2.45) is 5.92 Å². The van der Waals surface area contributed by atoms with Crippen LogP contribution in [-0.4, -0.2) is 50.6 Å². The first kappa shape index (κ1) is 17.6. The molecule has 0 bridgehead atoms. The van der Waals surface area contributed by atoms with Crippen molar-refractivity contribution in [3.8, 4) is 0 Å². The smallest absolute Gasteiger partial charge is 0.235 e. The zero-order valence-electron chi connectivity index (χ0n) is 11.5. The van der Waals surface area contributed by atoms with E-state index >= 15 is 0 Å². The van der Waals surface area contributed by atoms with Crippen molar-refractivity contribution in [2.75, 3.05) is 18.6 Å². The van der Waals surface area contributed by atoms with Gasteiger partial charge in [-0.2, -0.15) is 0 Å². The number of Topliss-reactive ketones (excluding diaryl/α,β-unsaturated/α-hetero) is 1. The number of rotatable bonds is 7. The van der Waals surface area contributed by atoms with Crippen LogP contribution in [-0.2, 0) is 24.2 Å². The summed E-state index contributed by atoms with van der Waals surface area (Å²) in [6.45, 7) is 4.81. The van der Waals surface area contributed by atoms with Gasteiger partial charge in [-0.1, -0.05) is 13.8 Å². The lowest BCUT2D eigenvalue weighted by Gasteiger charge is -2.19. The van der Waals surface area contributed by atoms with Crippen LogP contribution in [0.1, 0.15) is 20.8 Å². The quantitative estimate of drug-likeness (QED) is 0.617. The summed E-state index contributed by atoms with van der Waals surface area (Å²) in [7, 11) is -2.52. The fraction of sp³-hybridized carbons (Fsp3) is 0.727. The third-order valence-electron chi connectivity index (χ3n) is 2.40. The molecule has 2 amide bonds. The zero-order chi connectivity index (χ0) is 15.2. The van der Waals surface area contributed by atoms with Crippen molar-refractivity contribution >= 4 is 27.4 Å². The van der Waals surface area contributed by atoms with E-state index in [-0.39, 0.29) is 11.7 Å². The van der Waals surface area contributed by atoms with Gasteiger partial charge in [-0.15, -0.1) is 0 Å². The van der Waals surface area contributed by atoms with E-state index in [1.807, 2.05) is 0 Å². The maximum Gasteiger partial charge on any atom is 0.235 e. The monoisotopic (exact) mass is 292 g/mol. The first-order valence-electron chi connectivity index (χ1n) is 5.80. The van der Waals surface area contributed by atoms with Crippen LogP contribution >= 0.6 is 0 Å². The van der Waals surface area contributed by atoms with Gasteiger partial charge in [0.2, 0.25) is 11.8 Å². The van der Waals surface area contributed by atoms with Crippen LogP contribution in [0.15, 0.2) is 0 Å². The van der Waals surface area contributed by atoms with E-state index < -0.39 is 39.2 Å². The van der Waals surface area contributed by atoms with Gasteiger partial charge in [0, 0.05) is 7.05 Å². The molecule has 19 heavy (non-hydrogen) atoms. The molecule has 2 N–H and O–H groups in total. The molecule has 0 saturated heterocycles. The average Bonchev–Trinajstić information content (AvgIpc) is 2.23. The number of carbonyl (C=O) groups excluding carboxylic acids is 3. The molecule has 0 saturated carbocycles. The normalized spacial score (nSPS) is 12.9. The van der Waals surface area contributed by atoms with Crippen molar-refractivity contribution in [1.82, 2.24) is 10.6 Å². The molecule has 0 aromatic rings. The average molecular weight is 292 g/mol. The number of hydrogen-bond donors (Lipinski definition) is 2. The Morgan fingerprint density at radius 1 is 1.05 bits per heavy atom. The topological polar surface area (TPSA) is 109 Å². The zero-order valence-corrected chi connectivity index (χ0v) is 12.3. The summed E-state index contributed by atoms with van der Waals surface area (Å²) in [5.41, 5.74) is 0. The van der Waals surface area contributed by atoms with Crippen LogP contribution < -0.4 is 10.6 Å². The molecular weight excluding hydrogens is 272 g/mol. The van der Waals surface area contributed by atoms with Crippen molar-refractivity contribution in [3.05, 3.63) is 0 Å². The SMILES string of the molecule is CNC(=O)CS(=O)(=O)CC(=O)NC(C(C)=O)C(C)C. The van der Waals surface area contributed by atoms with Gasteiger partial charge in [0.25, 0.3) is 0 Å². The Bertz CT molecular complexity index is 456. The van der Waals surface area contributed by atoms with Crippen LogP contribution in [0.3, 0.4) is 0 Å². The third-order valence-corrected chi connectivity index (χ3v) is 3.81. The van der Waals surface area contributed by atoms with Gasteiger partial charge in [-0.3, -0.25) is 14.4 Å². The predicted octanol–water partition coefficient (Wildman–Crippen LogP) is -1.12. The summed E-state index contributed by atoms with van der Waals surface area (Å²) in [5, 5.41) is 4.53. The van der Waals surface area contributed by atoms with Gasteiger partial charge < -0.3 is 10.6 Å². The van der Waals surface area contributed by atoms with Crippen molar-refractivity contribution < 1.29 is 22.8 Å². The predicted molar refractivity (Wildman–Crippen MR) is 70.2 cm³/mol. The molecule has 7 nitrogen and oxygen atoms in total. The van der Waals surface area contributed by atoms with E-state index in [1.165, 1.54) is 14.0 Å². The summed E-state index contributed by atoms with van der Waals surface area (Å²) in [4.78, 5) is 33.8. The number of sulfone groups is 1. The second kappa shape index (κ2) is 7.22. The van der Waals surface area contributed by atoms with Crippen LogP contribution in [0.4, 0.5) is 0 Å².